The zero-order chi connectivity index (χ0) is 15.1. The Hall–Kier alpha value is -2.08. The zero-order valence-corrected chi connectivity index (χ0v) is 12.9. The summed E-state index contributed by atoms with van der Waals surface area (Å²) in [6.45, 7) is 1.37. The Bertz CT molecular complexity index is 590. The Kier molecular flexibility index (Phi) is 5.57. The van der Waals surface area contributed by atoms with Crippen LogP contribution in [0.1, 0.15) is 11.4 Å². The number of nitrogens with zero attached hydrogens (tertiary/aromatic N) is 4. The molecule has 0 saturated heterocycles. The molecule has 6 nitrogen and oxygen atoms in total. The van der Waals surface area contributed by atoms with E-state index in [9.17, 15) is 0 Å². The molecule has 0 aliphatic heterocycles. The fourth-order valence-electron chi connectivity index (χ4n) is 1.83. The van der Waals surface area contributed by atoms with Gasteiger partial charge in [0, 0.05) is 25.7 Å². The molecule has 2 rings (SSSR count). The van der Waals surface area contributed by atoms with Crippen molar-refractivity contribution in [2.75, 3.05) is 13.6 Å². The van der Waals surface area contributed by atoms with Crippen LogP contribution in [-0.4, -0.2) is 34.3 Å². The minimum atomic E-state index is 0.580. The smallest absolute Gasteiger partial charge is 0.191 e. The van der Waals surface area contributed by atoms with E-state index in [2.05, 4.69) is 25.8 Å². The van der Waals surface area contributed by atoms with Crippen LogP contribution in [0.15, 0.2) is 35.6 Å². The Morgan fingerprint density at radius 3 is 2.67 bits per heavy atom. The monoisotopic (exact) mass is 306 g/mol. The van der Waals surface area contributed by atoms with Crippen molar-refractivity contribution >= 4 is 17.6 Å². The molecule has 21 heavy (non-hydrogen) atoms. The van der Waals surface area contributed by atoms with E-state index in [1.807, 2.05) is 35.9 Å². The first-order chi connectivity index (χ1) is 10.2. The lowest BCUT2D eigenvalue weighted by atomic mass is 10.1. The number of aromatic nitrogens is 3. The van der Waals surface area contributed by atoms with Gasteiger partial charge in [0.2, 0.25) is 0 Å². The highest BCUT2D eigenvalue weighted by Crippen LogP contribution is 2.09. The van der Waals surface area contributed by atoms with E-state index in [-0.39, 0.29) is 0 Å². The van der Waals surface area contributed by atoms with Crippen molar-refractivity contribution < 1.29 is 0 Å². The van der Waals surface area contributed by atoms with Crippen molar-refractivity contribution in [1.82, 2.24) is 25.4 Å². The van der Waals surface area contributed by atoms with Gasteiger partial charge in [-0.1, -0.05) is 23.7 Å². The highest BCUT2D eigenvalue weighted by molar-refractivity contribution is 6.30. The maximum atomic E-state index is 5.86. The van der Waals surface area contributed by atoms with Crippen LogP contribution in [0.2, 0.25) is 5.02 Å². The topological polar surface area (TPSA) is 67.1 Å². The SMILES string of the molecule is CN=C(NCCc1ccc(Cl)cc1)NCc1nncn1C. The number of hydrogen-bond acceptors (Lipinski definition) is 3. The summed E-state index contributed by atoms with van der Waals surface area (Å²) in [6.07, 6.45) is 2.58. The maximum absolute atomic E-state index is 5.86. The van der Waals surface area contributed by atoms with Gasteiger partial charge in [0.05, 0.1) is 6.54 Å². The fourth-order valence-corrected chi connectivity index (χ4v) is 1.95. The van der Waals surface area contributed by atoms with Gasteiger partial charge in [-0.05, 0) is 24.1 Å². The van der Waals surface area contributed by atoms with Gasteiger partial charge in [-0.3, -0.25) is 4.99 Å². The summed E-state index contributed by atoms with van der Waals surface area (Å²) in [7, 11) is 3.65. The lowest BCUT2D eigenvalue weighted by Crippen LogP contribution is -2.38. The summed E-state index contributed by atoms with van der Waals surface area (Å²) in [4.78, 5) is 4.18. The molecule has 1 heterocycles. The molecule has 0 bridgehead atoms. The number of aliphatic imine (C=N–C) groups is 1. The summed E-state index contributed by atoms with van der Waals surface area (Å²) >= 11 is 5.86. The van der Waals surface area contributed by atoms with E-state index in [1.165, 1.54) is 5.56 Å². The molecular formula is C14H19ClN6. The third kappa shape index (κ3) is 4.75. The van der Waals surface area contributed by atoms with Gasteiger partial charge in [0.1, 0.15) is 6.33 Å². The van der Waals surface area contributed by atoms with E-state index in [0.717, 1.165) is 29.8 Å². The first kappa shape index (κ1) is 15.3. The Labute approximate surface area is 129 Å². The van der Waals surface area contributed by atoms with E-state index in [0.29, 0.717) is 6.54 Å². The lowest BCUT2D eigenvalue weighted by Gasteiger charge is -2.11. The molecule has 7 heteroatoms. The van der Waals surface area contributed by atoms with Crippen LogP contribution >= 0.6 is 11.6 Å². The molecule has 0 aliphatic rings. The van der Waals surface area contributed by atoms with Gasteiger partial charge < -0.3 is 15.2 Å². The molecule has 0 unspecified atom stereocenters. The van der Waals surface area contributed by atoms with Gasteiger partial charge >= 0.3 is 0 Å². The summed E-state index contributed by atoms with van der Waals surface area (Å²) in [5.74, 6) is 1.60. The number of aryl methyl sites for hydroxylation is 1. The van der Waals surface area contributed by atoms with Crippen LogP contribution in [-0.2, 0) is 20.0 Å². The van der Waals surface area contributed by atoms with Crippen molar-refractivity contribution in [3.63, 3.8) is 0 Å². The molecule has 0 aliphatic carbocycles. The van der Waals surface area contributed by atoms with Crippen LogP contribution in [0.25, 0.3) is 0 Å². The number of guanidine groups is 1. The molecule has 1 aromatic heterocycles. The number of halogens is 1. The van der Waals surface area contributed by atoms with Gasteiger partial charge in [0.15, 0.2) is 11.8 Å². The minimum Gasteiger partial charge on any atom is -0.356 e. The van der Waals surface area contributed by atoms with E-state index >= 15 is 0 Å². The Balaban J connectivity index is 1.75. The van der Waals surface area contributed by atoms with Gasteiger partial charge in [0.25, 0.3) is 0 Å². The van der Waals surface area contributed by atoms with E-state index < -0.39 is 0 Å². The Morgan fingerprint density at radius 2 is 2.05 bits per heavy atom. The lowest BCUT2D eigenvalue weighted by molar-refractivity contribution is 0.723. The molecule has 2 aromatic rings. The van der Waals surface area contributed by atoms with Crippen molar-refractivity contribution in [2.24, 2.45) is 12.0 Å². The minimum absolute atomic E-state index is 0.580. The fraction of sp³-hybridized carbons (Fsp3) is 0.357. The Morgan fingerprint density at radius 1 is 1.29 bits per heavy atom. The first-order valence-electron chi connectivity index (χ1n) is 6.71. The summed E-state index contributed by atoms with van der Waals surface area (Å²) in [6, 6.07) is 7.86. The van der Waals surface area contributed by atoms with Crippen LogP contribution in [0.4, 0.5) is 0 Å². The highest BCUT2D eigenvalue weighted by atomic mass is 35.5. The summed E-state index contributed by atoms with van der Waals surface area (Å²) in [5.41, 5.74) is 1.23. The van der Waals surface area contributed by atoms with Crippen LogP contribution in [0, 0.1) is 0 Å². The van der Waals surface area contributed by atoms with Crippen molar-refractivity contribution in [3.05, 3.63) is 47.0 Å². The average Bonchev–Trinajstić information content (AvgIpc) is 2.90. The molecular weight excluding hydrogens is 288 g/mol. The van der Waals surface area contributed by atoms with E-state index in [1.54, 1.807) is 13.4 Å². The largest absolute Gasteiger partial charge is 0.356 e. The molecule has 0 atom stereocenters. The molecule has 0 spiro atoms. The van der Waals surface area contributed by atoms with Gasteiger partial charge in [-0.15, -0.1) is 10.2 Å². The van der Waals surface area contributed by atoms with Crippen LogP contribution in [0.5, 0.6) is 0 Å². The van der Waals surface area contributed by atoms with Crippen molar-refractivity contribution in [3.8, 4) is 0 Å². The molecule has 1 aromatic carbocycles. The summed E-state index contributed by atoms with van der Waals surface area (Å²) in [5, 5.41) is 15.1. The van der Waals surface area contributed by atoms with Crippen LogP contribution < -0.4 is 10.6 Å². The molecule has 0 saturated carbocycles. The second kappa shape index (κ2) is 7.64. The second-order valence-electron chi connectivity index (χ2n) is 4.59. The second-order valence-corrected chi connectivity index (χ2v) is 5.02. The number of benzene rings is 1. The predicted octanol–water partition coefficient (Wildman–Crippen LogP) is 1.38. The normalized spacial score (nSPS) is 11.5. The average molecular weight is 307 g/mol. The molecule has 112 valence electrons. The maximum Gasteiger partial charge on any atom is 0.191 e. The van der Waals surface area contributed by atoms with Crippen molar-refractivity contribution in [1.29, 1.82) is 0 Å². The molecule has 0 amide bonds. The molecule has 0 radical (unpaired) electrons. The van der Waals surface area contributed by atoms with Crippen LogP contribution in [0.3, 0.4) is 0 Å². The number of rotatable bonds is 5. The predicted molar refractivity (Wildman–Crippen MR) is 84.4 cm³/mol. The zero-order valence-electron chi connectivity index (χ0n) is 12.2. The quantitative estimate of drug-likeness (QED) is 0.647. The third-order valence-electron chi connectivity index (χ3n) is 3.06. The summed E-state index contributed by atoms with van der Waals surface area (Å²) < 4.78 is 1.87. The standard InChI is InChI=1S/C14H19ClN6/c1-16-14(18-9-13-20-19-10-21(13)2)17-8-7-11-3-5-12(15)6-4-11/h3-6,10H,7-9H2,1-2H3,(H2,16,17,18). The van der Waals surface area contributed by atoms with Crippen molar-refractivity contribution in [2.45, 2.75) is 13.0 Å². The third-order valence-corrected chi connectivity index (χ3v) is 3.31. The molecule has 0 fully saturated rings. The molecule has 2 N–H and O–H groups in total. The highest BCUT2D eigenvalue weighted by Gasteiger charge is 2.02. The number of nitrogens with one attached hydrogen (secondary N) is 2. The number of hydrogen-bond donors (Lipinski definition) is 2. The van der Waals surface area contributed by atoms with E-state index in [4.69, 9.17) is 11.6 Å². The first-order valence-corrected chi connectivity index (χ1v) is 7.08. The van der Waals surface area contributed by atoms with Gasteiger partial charge in [-0.25, -0.2) is 0 Å². The van der Waals surface area contributed by atoms with Gasteiger partial charge in [-0.2, -0.15) is 0 Å².